The molecule has 0 spiro atoms. The van der Waals surface area contributed by atoms with Crippen LogP contribution < -0.4 is 4.74 Å². The van der Waals surface area contributed by atoms with E-state index < -0.39 is 5.60 Å². The molecule has 3 aromatic carbocycles. The molecular formula is C29H31NO3. The minimum absolute atomic E-state index is 0.157. The second kappa shape index (κ2) is 9.12. The lowest BCUT2D eigenvalue weighted by Crippen LogP contribution is -2.34. The van der Waals surface area contributed by atoms with Crippen LogP contribution in [0.3, 0.4) is 0 Å². The number of ketones is 1. The maximum Gasteiger partial charge on any atom is 0.176 e. The lowest BCUT2D eigenvalue weighted by atomic mass is 9.91. The predicted molar refractivity (Wildman–Crippen MR) is 131 cm³/mol. The molecule has 4 heteroatoms. The Morgan fingerprint density at radius 1 is 0.939 bits per heavy atom. The molecule has 0 aromatic heterocycles. The van der Waals surface area contributed by atoms with Crippen molar-refractivity contribution in [1.29, 1.82) is 0 Å². The summed E-state index contributed by atoms with van der Waals surface area (Å²) >= 11 is 0. The first-order valence-corrected chi connectivity index (χ1v) is 11.8. The monoisotopic (exact) mass is 441 g/mol. The summed E-state index contributed by atoms with van der Waals surface area (Å²) < 4.78 is 5.24. The van der Waals surface area contributed by atoms with E-state index in [-0.39, 0.29) is 5.78 Å². The van der Waals surface area contributed by atoms with Gasteiger partial charge in [-0.15, -0.1) is 0 Å². The molecule has 3 aromatic rings. The van der Waals surface area contributed by atoms with Crippen LogP contribution >= 0.6 is 0 Å². The molecule has 0 bridgehead atoms. The van der Waals surface area contributed by atoms with Gasteiger partial charge in [-0.25, -0.2) is 0 Å². The number of benzene rings is 3. The van der Waals surface area contributed by atoms with E-state index in [9.17, 15) is 9.90 Å². The van der Waals surface area contributed by atoms with Gasteiger partial charge in [0.05, 0.1) is 19.3 Å². The van der Waals surface area contributed by atoms with Crippen molar-refractivity contribution in [3.8, 4) is 16.9 Å². The van der Waals surface area contributed by atoms with Crippen LogP contribution in [-0.2, 0) is 6.42 Å². The minimum Gasteiger partial charge on any atom is -0.497 e. The Morgan fingerprint density at radius 2 is 1.64 bits per heavy atom. The predicted octanol–water partition coefficient (Wildman–Crippen LogP) is 4.86. The topological polar surface area (TPSA) is 49.8 Å². The fraction of sp³-hybridized carbons (Fsp3) is 0.345. The third-order valence-corrected chi connectivity index (χ3v) is 7.29. The van der Waals surface area contributed by atoms with Gasteiger partial charge in [0, 0.05) is 25.1 Å². The van der Waals surface area contributed by atoms with Gasteiger partial charge < -0.3 is 9.84 Å². The summed E-state index contributed by atoms with van der Waals surface area (Å²) in [6.45, 7) is 2.23. The van der Waals surface area contributed by atoms with Crippen LogP contribution in [0.5, 0.6) is 5.75 Å². The first-order valence-electron chi connectivity index (χ1n) is 11.8. The number of Topliss-reactive ketones (excluding diaryl/α,β-unsaturated/α-hetero) is 1. The molecule has 1 aliphatic carbocycles. The van der Waals surface area contributed by atoms with Gasteiger partial charge in [0.15, 0.2) is 5.78 Å². The molecule has 2 atom stereocenters. The Balaban J connectivity index is 1.19. The number of aliphatic hydroxyl groups is 1. The molecule has 4 nitrogen and oxygen atoms in total. The van der Waals surface area contributed by atoms with Gasteiger partial charge in [-0.05, 0) is 59.6 Å². The summed E-state index contributed by atoms with van der Waals surface area (Å²) in [5, 5.41) is 11.2. The van der Waals surface area contributed by atoms with Crippen molar-refractivity contribution in [1.82, 2.24) is 4.90 Å². The number of rotatable bonds is 7. The number of hydrogen-bond acceptors (Lipinski definition) is 4. The van der Waals surface area contributed by atoms with E-state index in [1.54, 1.807) is 7.11 Å². The number of likely N-dealkylation sites (tertiary alicyclic amines) is 1. The molecule has 0 amide bonds. The standard InChI is InChI=1S/C29H31NO3/c1-33-27-12-10-22(11-13-27)23-8-5-9-24(14-23)28(31)20-30-18-25-16-29(32,17-26(25)19-30)15-21-6-3-2-4-7-21/h2-14,25-26,32H,15-20H2,1H3. The Bertz CT molecular complexity index is 1100. The molecule has 1 heterocycles. The zero-order valence-electron chi connectivity index (χ0n) is 19.1. The minimum atomic E-state index is -0.612. The Kier molecular flexibility index (Phi) is 6.05. The first kappa shape index (κ1) is 21.9. The van der Waals surface area contributed by atoms with Crippen LogP contribution in [0.2, 0.25) is 0 Å². The van der Waals surface area contributed by atoms with Gasteiger partial charge in [0.1, 0.15) is 5.75 Å². The van der Waals surface area contributed by atoms with Crippen LogP contribution in [0.4, 0.5) is 0 Å². The van der Waals surface area contributed by atoms with Gasteiger partial charge in [0.25, 0.3) is 0 Å². The quantitative estimate of drug-likeness (QED) is 0.532. The highest BCUT2D eigenvalue weighted by Crippen LogP contribution is 2.45. The second-order valence-electron chi connectivity index (χ2n) is 9.74. The fourth-order valence-electron chi connectivity index (χ4n) is 5.76. The maximum atomic E-state index is 13.1. The summed E-state index contributed by atoms with van der Waals surface area (Å²) in [5.74, 6) is 1.92. The number of nitrogens with zero attached hydrogens (tertiary/aromatic N) is 1. The third kappa shape index (κ3) is 4.87. The molecule has 5 rings (SSSR count). The van der Waals surface area contributed by atoms with Gasteiger partial charge in [-0.2, -0.15) is 0 Å². The van der Waals surface area contributed by atoms with Crippen molar-refractivity contribution < 1.29 is 14.6 Å². The fourth-order valence-corrected chi connectivity index (χ4v) is 5.76. The second-order valence-corrected chi connectivity index (χ2v) is 9.74. The van der Waals surface area contributed by atoms with E-state index in [1.165, 1.54) is 5.56 Å². The van der Waals surface area contributed by atoms with Crippen LogP contribution in [0.15, 0.2) is 78.9 Å². The molecule has 2 fully saturated rings. The highest BCUT2D eigenvalue weighted by molar-refractivity contribution is 5.98. The zero-order chi connectivity index (χ0) is 22.8. The van der Waals surface area contributed by atoms with Crippen molar-refractivity contribution in [2.45, 2.75) is 24.9 Å². The molecule has 170 valence electrons. The molecule has 0 radical (unpaired) electrons. The first-order chi connectivity index (χ1) is 16.0. The Morgan fingerprint density at radius 3 is 2.30 bits per heavy atom. The largest absolute Gasteiger partial charge is 0.497 e. The maximum absolute atomic E-state index is 13.1. The van der Waals surface area contributed by atoms with E-state index >= 15 is 0 Å². The van der Waals surface area contributed by atoms with Crippen LogP contribution in [0.25, 0.3) is 11.1 Å². The highest BCUT2D eigenvalue weighted by Gasteiger charge is 2.48. The molecule has 2 aliphatic rings. The van der Waals surface area contributed by atoms with Crippen molar-refractivity contribution >= 4 is 5.78 Å². The van der Waals surface area contributed by atoms with Gasteiger partial charge >= 0.3 is 0 Å². The number of carbonyl (C=O) groups excluding carboxylic acids is 1. The Labute approximate surface area is 195 Å². The number of ether oxygens (including phenoxy) is 1. The lowest BCUT2D eigenvalue weighted by molar-refractivity contribution is 0.0355. The average Bonchev–Trinajstić information content (AvgIpc) is 3.33. The molecule has 1 N–H and O–H groups in total. The van der Waals surface area contributed by atoms with Crippen LogP contribution in [0.1, 0.15) is 28.8 Å². The van der Waals surface area contributed by atoms with Crippen molar-refractivity contribution in [2.75, 3.05) is 26.7 Å². The van der Waals surface area contributed by atoms with Crippen molar-refractivity contribution in [2.24, 2.45) is 11.8 Å². The SMILES string of the molecule is COc1ccc(-c2cccc(C(=O)CN3CC4CC(O)(Cc5ccccc5)CC4C3)c2)cc1. The summed E-state index contributed by atoms with van der Waals surface area (Å²) in [5.41, 5.74) is 3.44. The normalized spacial score (nSPS) is 24.5. The molecule has 33 heavy (non-hydrogen) atoms. The molecule has 1 saturated heterocycles. The molecular weight excluding hydrogens is 410 g/mol. The van der Waals surface area contributed by atoms with Crippen LogP contribution in [-0.4, -0.2) is 48.1 Å². The Hall–Kier alpha value is -2.95. The van der Waals surface area contributed by atoms with E-state index in [0.717, 1.165) is 54.8 Å². The summed E-state index contributed by atoms with van der Waals surface area (Å²) in [6, 6.07) is 26.1. The summed E-state index contributed by atoms with van der Waals surface area (Å²) in [4.78, 5) is 15.3. The number of hydrogen-bond donors (Lipinski definition) is 1. The summed E-state index contributed by atoms with van der Waals surface area (Å²) in [7, 11) is 1.66. The van der Waals surface area contributed by atoms with Gasteiger partial charge in [-0.3, -0.25) is 9.69 Å². The molecule has 1 saturated carbocycles. The van der Waals surface area contributed by atoms with E-state index in [1.807, 2.05) is 66.7 Å². The zero-order valence-corrected chi connectivity index (χ0v) is 19.1. The third-order valence-electron chi connectivity index (χ3n) is 7.29. The smallest absolute Gasteiger partial charge is 0.176 e. The van der Waals surface area contributed by atoms with Gasteiger partial charge in [0.2, 0.25) is 0 Å². The van der Waals surface area contributed by atoms with Gasteiger partial charge in [-0.1, -0.05) is 60.7 Å². The molecule has 1 aliphatic heterocycles. The molecule has 2 unspecified atom stereocenters. The van der Waals surface area contributed by atoms with Crippen molar-refractivity contribution in [3.05, 3.63) is 90.0 Å². The van der Waals surface area contributed by atoms with Crippen LogP contribution in [0, 0.1) is 11.8 Å². The number of methoxy groups -OCH3 is 1. The van der Waals surface area contributed by atoms with E-state index in [2.05, 4.69) is 17.0 Å². The van der Waals surface area contributed by atoms with E-state index in [0.29, 0.717) is 18.4 Å². The number of fused-ring (bicyclic) bond motifs is 1. The lowest BCUT2D eigenvalue weighted by Gasteiger charge is -2.26. The van der Waals surface area contributed by atoms with Crippen molar-refractivity contribution in [3.63, 3.8) is 0 Å². The highest BCUT2D eigenvalue weighted by atomic mass is 16.5. The number of carbonyl (C=O) groups is 1. The van der Waals surface area contributed by atoms with E-state index in [4.69, 9.17) is 4.74 Å². The summed E-state index contributed by atoms with van der Waals surface area (Å²) in [6.07, 6.45) is 2.37. The average molecular weight is 442 g/mol.